The van der Waals surface area contributed by atoms with E-state index in [4.69, 9.17) is 4.42 Å². The molecule has 0 radical (unpaired) electrons. The minimum atomic E-state index is 0.0778. The highest BCUT2D eigenvalue weighted by atomic mass is 16.3. The predicted molar refractivity (Wildman–Crippen MR) is 137 cm³/mol. The summed E-state index contributed by atoms with van der Waals surface area (Å²) >= 11 is 0. The molecule has 3 heterocycles. The van der Waals surface area contributed by atoms with Gasteiger partial charge in [0.05, 0.1) is 5.56 Å². The van der Waals surface area contributed by atoms with E-state index in [0.29, 0.717) is 0 Å². The molecule has 0 unspecified atom stereocenters. The van der Waals surface area contributed by atoms with E-state index in [-0.39, 0.29) is 5.41 Å². The number of hydrogen-bond donors (Lipinski definition) is 0. The smallest absolute Gasteiger partial charge is 0.216 e. The first-order chi connectivity index (χ1) is 15.9. The normalized spacial score (nSPS) is 14.9. The van der Waals surface area contributed by atoms with Crippen molar-refractivity contribution in [1.82, 2.24) is 0 Å². The van der Waals surface area contributed by atoms with Crippen molar-refractivity contribution in [2.75, 3.05) is 18.5 Å². The predicted octanol–water partition coefficient (Wildman–Crippen LogP) is 6.78. The number of aromatic nitrogens is 1. The Balaban J connectivity index is 1.69. The van der Waals surface area contributed by atoms with Gasteiger partial charge in [-0.05, 0) is 35.7 Å². The van der Waals surface area contributed by atoms with Crippen LogP contribution < -0.4 is 9.47 Å². The molecule has 0 aliphatic carbocycles. The molecule has 1 aliphatic heterocycles. The van der Waals surface area contributed by atoms with Gasteiger partial charge in [0.1, 0.15) is 18.2 Å². The molecule has 0 fully saturated rings. The van der Waals surface area contributed by atoms with Crippen LogP contribution in [0.15, 0.2) is 77.3 Å². The Morgan fingerprint density at radius 2 is 1.61 bits per heavy atom. The number of nitrogens with zero attached hydrogens (tertiary/aromatic N) is 2. The number of hydrogen-bond acceptors (Lipinski definition) is 2. The molecule has 0 atom stereocenters. The Kier molecular flexibility index (Phi) is 4.22. The van der Waals surface area contributed by atoms with Gasteiger partial charge in [0.25, 0.3) is 0 Å². The fourth-order valence-corrected chi connectivity index (χ4v) is 5.82. The molecule has 0 spiro atoms. The lowest BCUT2D eigenvalue weighted by molar-refractivity contribution is -0.660. The first-order valence-corrected chi connectivity index (χ1v) is 11.6. The van der Waals surface area contributed by atoms with Crippen molar-refractivity contribution < 1.29 is 8.98 Å². The quantitative estimate of drug-likeness (QED) is 0.286. The topological polar surface area (TPSA) is 20.3 Å². The van der Waals surface area contributed by atoms with Gasteiger partial charge in [-0.25, -0.2) is 4.57 Å². The zero-order chi connectivity index (χ0) is 22.9. The third-order valence-electron chi connectivity index (χ3n) is 7.24. The summed E-state index contributed by atoms with van der Waals surface area (Å²) in [6.07, 6.45) is 2.09. The fraction of sp³-hybridized carbons (Fsp3) is 0.233. The minimum Gasteiger partial charge on any atom is -0.454 e. The Morgan fingerprint density at radius 1 is 0.848 bits per heavy atom. The number of aryl methyl sites for hydroxylation is 2. The maximum Gasteiger partial charge on any atom is 0.216 e. The Hall–Kier alpha value is -3.59. The van der Waals surface area contributed by atoms with Gasteiger partial charge in [-0.3, -0.25) is 0 Å². The fourth-order valence-electron chi connectivity index (χ4n) is 5.82. The van der Waals surface area contributed by atoms with E-state index < -0.39 is 0 Å². The number of anilines is 1. The maximum atomic E-state index is 6.79. The van der Waals surface area contributed by atoms with Crippen LogP contribution in [0.5, 0.6) is 0 Å². The minimum absolute atomic E-state index is 0.0778. The molecule has 164 valence electrons. The monoisotopic (exact) mass is 433 g/mol. The van der Waals surface area contributed by atoms with Crippen LogP contribution >= 0.6 is 0 Å². The van der Waals surface area contributed by atoms with Crippen molar-refractivity contribution in [3.63, 3.8) is 0 Å². The highest BCUT2D eigenvalue weighted by Crippen LogP contribution is 2.48. The summed E-state index contributed by atoms with van der Waals surface area (Å²) < 4.78 is 8.95. The van der Waals surface area contributed by atoms with Crippen molar-refractivity contribution in [1.29, 1.82) is 0 Å². The number of pyridine rings is 1. The Morgan fingerprint density at radius 3 is 2.42 bits per heavy atom. The van der Waals surface area contributed by atoms with Crippen LogP contribution in [0.1, 0.15) is 25.0 Å². The summed E-state index contributed by atoms with van der Waals surface area (Å²) in [7, 11) is 4.28. The number of rotatable bonds is 2. The molecule has 2 aromatic heterocycles. The molecule has 0 saturated heterocycles. The van der Waals surface area contributed by atoms with Crippen molar-refractivity contribution in [3.05, 3.63) is 84.1 Å². The first-order valence-electron chi connectivity index (χ1n) is 11.6. The molecule has 0 N–H and O–H groups in total. The standard InChI is InChI=1S/C30H29N2O/c1-19-15-16-23-22-12-8-11-21(20-10-9-14-25-27(20)30(2,3)18-32(25)5)28(22)33-29(23)26(19)24-13-6-7-17-31(24)4/h6-17H,18H2,1-5H3/q+1. The number of fused-ring (bicyclic) bond motifs is 4. The van der Waals surface area contributed by atoms with Crippen LogP contribution in [0.25, 0.3) is 44.3 Å². The molecule has 6 rings (SSSR count). The largest absolute Gasteiger partial charge is 0.454 e. The van der Waals surface area contributed by atoms with E-state index in [2.05, 4.69) is 117 Å². The van der Waals surface area contributed by atoms with Crippen molar-refractivity contribution >= 4 is 27.6 Å². The van der Waals surface area contributed by atoms with Crippen LogP contribution in [0.4, 0.5) is 5.69 Å². The van der Waals surface area contributed by atoms with Gasteiger partial charge in [0.2, 0.25) is 5.69 Å². The van der Waals surface area contributed by atoms with E-state index in [1.807, 2.05) is 0 Å². The van der Waals surface area contributed by atoms with E-state index in [1.54, 1.807) is 0 Å². The highest BCUT2D eigenvalue weighted by molar-refractivity contribution is 6.13. The number of para-hydroxylation sites is 1. The number of likely N-dealkylation sites (N-methyl/N-ethyl adjacent to an activating group) is 1. The van der Waals surface area contributed by atoms with E-state index in [0.717, 1.165) is 29.0 Å². The molecule has 3 aromatic carbocycles. The Bertz CT molecular complexity index is 1560. The third-order valence-corrected chi connectivity index (χ3v) is 7.24. The lowest BCUT2D eigenvalue weighted by Gasteiger charge is -2.21. The van der Waals surface area contributed by atoms with Crippen LogP contribution in [0.2, 0.25) is 0 Å². The second kappa shape index (κ2) is 6.95. The van der Waals surface area contributed by atoms with Gasteiger partial charge in [-0.2, -0.15) is 0 Å². The number of furan rings is 1. The van der Waals surface area contributed by atoms with Gasteiger partial charge < -0.3 is 9.32 Å². The van der Waals surface area contributed by atoms with E-state index >= 15 is 0 Å². The molecule has 1 aliphatic rings. The summed E-state index contributed by atoms with van der Waals surface area (Å²) in [4.78, 5) is 2.37. The average molecular weight is 434 g/mol. The molecule has 3 nitrogen and oxygen atoms in total. The zero-order valence-electron chi connectivity index (χ0n) is 19.9. The van der Waals surface area contributed by atoms with Crippen LogP contribution in [0, 0.1) is 6.92 Å². The zero-order valence-corrected chi connectivity index (χ0v) is 19.9. The lowest BCUT2D eigenvalue weighted by atomic mass is 9.81. The Labute approximate surface area is 194 Å². The molecular formula is C30H29N2O+. The average Bonchev–Trinajstić information content (AvgIpc) is 3.28. The van der Waals surface area contributed by atoms with Crippen LogP contribution in [0.3, 0.4) is 0 Å². The maximum absolute atomic E-state index is 6.79. The molecule has 0 amide bonds. The summed E-state index contributed by atoms with van der Waals surface area (Å²) in [5, 5.41) is 2.34. The van der Waals surface area contributed by atoms with Gasteiger partial charge in [-0.15, -0.1) is 0 Å². The summed E-state index contributed by atoms with van der Waals surface area (Å²) in [5.41, 5.74) is 10.7. The van der Waals surface area contributed by atoms with Crippen LogP contribution in [-0.4, -0.2) is 13.6 Å². The van der Waals surface area contributed by atoms with Gasteiger partial charge in [0.15, 0.2) is 6.20 Å². The second-order valence-electron chi connectivity index (χ2n) is 10.1. The van der Waals surface area contributed by atoms with E-state index in [1.165, 1.54) is 38.7 Å². The molecule has 5 aromatic rings. The van der Waals surface area contributed by atoms with Crippen molar-refractivity contribution in [3.8, 4) is 22.4 Å². The molecular weight excluding hydrogens is 404 g/mol. The number of benzene rings is 3. The molecule has 0 saturated carbocycles. The summed E-state index contributed by atoms with van der Waals surface area (Å²) in [6.45, 7) is 7.87. The highest BCUT2D eigenvalue weighted by Gasteiger charge is 2.36. The molecule has 0 bridgehead atoms. The van der Waals surface area contributed by atoms with Gasteiger partial charge in [0, 0.05) is 53.2 Å². The summed E-state index contributed by atoms with van der Waals surface area (Å²) in [6, 6.07) is 24.0. The van der Waals surface area contributed by atoms with Crippen molar-refractivity contribution in [2.45, 2.75) is 26.2 Å². The first kappa shape index (κ1) is 20.0. The third kappa shape index (κ3) is 2.85. The van der Waals surface area contributed by atoms with Crippen molar-refractivity contribution in [2.24, 2.45) is 7.05 Å². The van der Waals surface area contributed by atoms with Gasteiger partial charge >= 0.3 is 0 Å². The SMILES string of the molecule is Cc1ccc2c(oc3c(-c4cccc5c4C(C)(C)CN5C)cccc32)c1-c1cccc[n+]1C. The summed E-state index contributed by atoms with van der Waals surface area (Å²) in [5.74, 6) is 0. The lowest BCUT2D eigenvalue weighted by Crippen LogP contribution is -2.30. The molecule has 33 heavy (non-hydrogen) atoms. The molecule has 3 heteroatoms. The van der Waals surface area contributed by atoms with E-state index in [9.17, 15) is 0 Å². The second-order valence-corrected chi connectivity index (χ2v) is 10.1. The van der Waals surface area contributed by atoms with Crippen LogP contribution in [-0.2, 0) is 12.5 Å². The van der Waals surface area contributed by atoms with Gasteiger partial charge in [-0.1, -0.05) is 56.3 Å².